The number of carbonyl (C=O) groups is 2. The van der Waals surface area contributed by atoms with Crippen molar-refractivity contribution < 1.29 is 26.8 Å². The SMILES string of the molecule is CC[C@@H](C)NC(=O)[C@@H](C)N(Cc1cccc(Br)c1)C(=O)CN(c1ccc(F)c(F)c1)S(C)(=O)=O. The summed E-state index contributed by atoms with van der Waals surface area (Å²) in [6, 6.07) is 8.66. The van der Waals surface area contributed by atoms with Gasteiger partial charge in [-0.05, 0) is 50.1 Å². The highest BCUT2D eigenvalue weighted by atomic mass is 79.9. The number of rotatable bonds is 10. The predicted molar refractivity (Wildman–Crippen MR) is 131 cm³/mol. The van der Waals surface area contributed by atoms with Crippen LogP contribution in [0, 0.1) is 11.6 Å². The van der Waals surface area contributed by atoms with Gasteiger partial charge in [0.25, 0.3) is 0 Å². The van der Waals surface area contributed by atoms with E-state index < -0.39 is 46.1 Å². The summed E-state index contributed by atoms with van der Waals surface area (Å²) in [6.07, 6.45) is 1.55. The molecule has 0 aliphatic rings. The fourth-order valence-electron chi connectivity index (χ4n) is 3.13. The van der Waals surface area contributed by atoms with Crippen molar-refractivity contribution in [2.24, 2.45) is 0 Å². The Hall–Kier alpha value is -2.53. The number of carbonyl (C=O) groups excluding carboxylic acids is 2. The Morgan fingerprint density at radius 3 is 2.32 bits per heavy atom. The number of nitrogens with zero attached hydrogens (tertiary/aromatic N) is 2. The summed E-state index contributed by atoms with van der Waals surface area (Å²) in [5, 5.41) is 2.83. The van der Waals surface area contributed by atoms with Gasteiger partial charge in [0, 0.05) is 23.1 Å². The van der Waals surface area contributed by atoms with Gasteiger partial charge in [-0.2, -0.15) is 0 Å². The van der Waals surface area contributed by atoms with E-state index in [1.165, 1.54) is 4.90 Å². The molecule has 11 heteroatoms. The average Bonchev–Trinajstić information content (AvgIpc) is 2.76. The molecule has 0 bridgehead atoms. The molecule has 0 saturated carbocycles. The van der Waals surface area contributed by atoms with Crippen molar-refractivity contribution in [3.05, 3.63) is 64.1 Å². The molecule has 2 atom stereocenters. The van der Waals surface area contributed by atoms with Crippen LogP contribution in [-0.4, -0.2) is 50.0 Å². The van der Waals surface area contributed by atoms with Crippen LogP contribution in [0.1, 0.15) is 32.8 Å². The lowest BCUT2D eigenvalue weighted by molar-refractivity contribution is -0.139. The number of hydrogen-bond acceptors (Lipinski definition) is 4. The second kappa shape index (κ2) is 11.7. The number of halogens is 3. The van der Waals surface area contributed by atoms with E-state index in [0.29, 0.717) is 22.4 Å². The summed E-state index contributed by atoms with van der Waals surface area (Å²) < 4.78 is 53.5. The third-order valence-electron chi connectivity index (χ3n) is 5.28. The Labute approximate surface area is 207 Å². The van der Waals surface area contributed by atoms with Crippen molar-refractivity contribution in [3.8, 4) is 0 Å². The monoisotopic (exact) mass is 559 g/mol. The van der Waals surface area contributed by atoms with Crippen molar-refractivity contribution in [3.63, 3.8) is 0 Å². The van der Waals surface area contributed by atoms with Crippen molar-refractivity contribution in [2.75, 3.05) is 17.1 Å². The molecule has 0 fully saturated rings. The van der Waals surface area contributed by atoms with Gasteiger partial charge in [-0.25, -0.2) is 17.2 Å². The summed E-state index contributed by atoms with van der Waals surface area (Å²) in [4.78, 5) is 27.5. The minimum atomic E-state index is -4.04. The van der Waals surface area contributed by atoms with Gasteiger partial charge in [0.2, 0.25) is 21.8 Å². The standard InChI is InChI=1S/C23H28BrF2N3O4S/c1-5-15(2)27-23(31)16(3)28(13-17-7-6-8-18(24)11-17)22(30)14-29(34(4,32)33)19-9-10-20(25)21(26)12-19/h6-12,15-16H,5,13-14H2,1-4H3,(H,27,31)/t15-,16-/m1/s1. The van der Waals surface area contributed by atoms with Gasteiger partial charge < -0.3 is 10.2 Å². The number of benzene rings is 2. The molecule has 0 aromatic heterocycles. The molecule has 1 N–H and O–H groups in total. The van der Waals surface area contributed by atoms with Gasteiger partial charge >= 0.3 is 0 Å². The Morgan fingerprint density at radius 2 is 1.76 bits per heavy atom. The van der Waals surface area contributed by atoms with E-state index in [4.69, 9.17) is 0 Å². The molecule has 2 rings (SSSR count). The molecule has 0 heterocycles. The van der Waals surface area contributed by atoms with Crippen LogP contribution < -0.4 is 9.62 Å². The quantitative estimate of drug-likeness (QED) is 0.479. The van der Waals surface area contributed by atoms with Crippen LogP contribution in [-0.2, 0) is 26.2 Å². The lowest BCUT2D eigenvalue weighted by Crippen LogP contribution is -2.52. The van der Waals surface area contributed by atoms with Crippen LogP contribution in [0.15, 0.2) is 46.9 Å². The van der Waals surface area contributed by atoms with Crippen molar-refractivity contribution in [1.29, 1.82) is 0 Å². The highest BCUT2D eigenvalue weighted by Gasteiger charge is 2.30. The molecule has 0 aliphatic heterocycles. The Kier molecular flexibility index (Phi) is 9.57. The lowest BCUT2D eigenvalue weighted by Gasteiger charge is -2.32. The second-order valence-electron chi connectivity index (χ2n) is 8.01. The molecule has 0 radical (unpaired) electrons. The van der Waals surface area contributed by atoms with Crippen molar-refractivity contribution in [1.82, 2.24) is 10.2 Å². The first-order valence-corrected chi connectivity index (χ1v) is 13.2. The molecule has 2 aromatic rings. The summed E-state index contributed by atoms with van der Waals surface area (Å²) in [5.41, 5.74) is 0.513. The van der Waals surface area contributed by atoms with E-state index in [-0.39, 0.29) is 18.3 Å². The first-order valence-electron chi connectivity index (χ1n) is 10.6. The van der Waals surface area contributed by atoms with Gasteiger partial charge in [0.15, 0.2) is 11.6 Å². The summed E-state index contributed by atoms with van der Waals surface area (Å²) in [6.45, 7) is 4.63. The normalized spacial score (nSPS) is 13.1. The minimum absolute atomic E-state index is 0.0305. The van der Waals surface area contributed by atoms with E-state index in [1.807, 2.05) is 19.9 Å². The summed E-state index contributed by atoms with van der Waals surface area (Å²) in [7, 11) is -4.04. The Morgan fingerprint density at radius 1 is 1.09 bits per heavy atom. The van der Waals surface area contributed by atoms with E-state index >= 15 is 0 Å². The van der Waals surface area contributed by atoms with Gasteiger partial charge in [0.05, 0.1) is 11.9 Å². The van der Waals surface area contributed by atoms with E-state index in [0.717, 1.165) is 22.9 Å². The smallest absolute Gasteiger partial charge is 0.244 e. The number of sulfonamides is 1. The summed E-state index contributed by atoms with van der Waals surface area (Å²) in [5.74, 6) is -3.46. The molecule has 0 saturated heterocycles. The fraction of sp³-hybridized carbons (Fsp3) is 0.391. The fourth-order valence-corrected chi connectivity index (χ4v) is 4.42. The third-order valence-corrected chi connectivity index (χ3v) is 6.91. The molecule has 7 nitrogen and oxygen atoms in total. The van der Waals surface area contributed by atoms with E-state index in [1.54, 1.807) is 25.1 Å². The van der Waals surface area contributed by atoms with Crippen molar-refractivity contribution >= 4 is 43.5 Å². The van der Waals surface area contributed by atoms with Gasteiger partial charge in [-0.1, -0.05) is 35.0 Å². The highest BCUT2D eigenvalue weighted by Crippen LogP contribution is 2.22. The largest absolute Gasteiger partial charge is 0.352 e. The van der Waals surface area contributed by atoms with Crippen LogP contribution in [0.5, 0.6) is 0 Å². The van der Waals surface area contributed by atoms with Crippen LogP contribution in [0.3, 0.4) is 0 Å². The number of hydrogen-bond donors (Lipinski definition) is 1. The van der Waals surface area contributed by atoms with Gasteiger partial charge in [-0.15, -0.1) is 0 Å². The second-order valence-corrected chi connectivity index (χ2v) is 10.8. The first kappa shape index (κ1) is 27.7. The summed E-state index contributed by atoms with van der Waals surface area (Å²) >= 11 is 3.37. The van der Waals surface area contributed by atoms with Crippen LogP contribution in [0.25, 0.3) is 0 Å². The van der Waals surface area contributed by atoms with Crippen LogP contribution >= 0.6 is 15.9 Å². The molecule has 0 spiro atoms. The van der Waals surface area contributed by atoms with Gasteiger partial charge in [-0.3, -0.25) is 13.9 Å². The average molecular weight is 560 g/mol. The first-order chi connectivity index (χ1) is 15.8. The topological polar surface area (TPSA) is 86.8 Å². The number of amides is 2. The molecule has 186 valence electrons. The maximum absolute atomic E-state index is 13.8. The zero-order valence-corrected chi connectivity index (χ0v) is 21.8. The van der Waals surface area contributed by atoms with Crippen LogP contribution in [0.2, 0.25) is 0 Å². The number of nitrogens with one attached hydrogen (secondary N) is 1. The van der Waals surface area contributed by atoms with E-state index in [2.05, 4.69) is 21.2 Å². The zero-order chi connectivity index (χ0) is 25.6. The number of anilines is 1. The van der Waals surface area contributed by atoms with E-state index in [9.17, 15) is 26.8 Å². The lowest BCUT2D eigenvalue weighted by atomic mass is 10.1. The molecule has 0 unspecified atom stereocenters. The third kappa shape index (κ3) is 7.49. The molecule has 2 amide bonds. The van der Waals surface area contributed by atoms with Crippen LogP contribution in [0.4, 0.5) is 14.5 Å². The Balaban J connectivity index is 2.41. The van der Waals surface area contributed by atoms with Crippen molar-refractivity contribution in [2.45, 2.75) is 45.8 Å². The zero-order valence-electron chi connectivity index (χ0n) is 19.4. The molecular formula is C23H28BrF2N3O4S. The molecule has 0 aliphatic carbocycles. The maximum atomic E-state index is 13.8. The molecule has 2 aromatic carbocycles. The minimum Gasteiger partial charge on any atom is -0.352 e. The Bertz CT molecular complexity index is 1150. The predicted octanol–water partition coefficient (Wildman–Crippen LogP) is 3.83. The molecular weight excluding hydrogens is 532 g/mol. The molecule has 34 heavy (non-hydrogen) atoms. The van der Waals surface area contributed by atoms with Gasteiger partial charge in [0.1, 0.15) is 12.6 Å². The maximum Gasteiger partial charge on any atom is 0.244 e. The highest BCUT2D eigenvalue weighted by molar-refractivity contribution is 9.10.